The van der Waals surface area contributed by atoms with E-state index in [9.17, 15) is 19.7 Å². The zero-order valence-electron chi connectivity index (χ0n) is 16.4. The number of carbonyl (C=O) groups excluding carboxylic acids is 2. The van der Waals surface area contributed by atoms with Gasteiger partial charge in [0.15, 0.2) is 0 Å². The van der Waals surface area contributed by atoms with Crippen LogP contribution in [0.2, 0.25) is 0 Å². The van der Waals surface area contributed by atoms with Gasteiger partial charge in [-0.3, -0.25) is 15.1 Å². The van der Waals surface area contributed by atoms with Crippen molar-refractivity contribution in [2.45, 2.75) is 13.8 Å². The Morgan fingerprint density at radius 3 is 2.33 bits per heavy atom. The summed E-state index contributed by atoms with van der Waals surface area (Å²) in [5, 5.41) is 14.5. The molecule has 1 aromatic heterocycles. The fourth-order valence-corrected chi connectivity index (χ4v) is 2.84. The SMILES string of the molecule is CCOC(=O)c1ccc2ncc(C(=O)OCC)c(Nc3ccc([N+](=O)[O-])cc3)c2c1. The van der Waals surface area contributed by atoms with Crippen molar-refractivity contribution in [3.8, 4) is 0 Å². The summed E-state index contributed by atoms with van der Waals surface area (Å²) in [5.41, 5.74) is 1.84. The molecule has 2 aromatic carbocycles. The van der Waals surface area contributed by atoms with Crippen LogP contribution in [0.4, 0.5) is 17.1 Å². The number of aromatic nitrogens is 1. The second-order valence-electron chi connectivity index (χ2n) is 6.15. The first-order valence-electron chi connectivity index (χ1n) is 9.23. The van der Waals surface area contributed by atoms with Gasteiger partial charge in [0.25, 0.3) is 5.69 Å². The molecule has 0 saturated heterocycles. The van der Waals surface area contributed by atoms with Crippen LogP contribution < -0.4 is 5.32 Å². The van der Waals surface area contributed by atoms with Crippen LogP contribution >= 0.6 is 0 Å². The van der Waals surface area contributed by atoms with Gasteiger partial charge in [-0.1, -0.05) is 0 Å². The number of hydrogen-bond acceptors (Lipinski definition) is 8. The van der Waals surface area contributed by atoms with E-state index in [0.717, 1.165) is 0 Å². The Kier molecular flexibility index (Phi) is 6.21. The number of nitrogens with one attached hydrogen (secondary N) is 1. The molecule has 3 aromatic rings. The molecule has 30 heavy (non-hydrogen) atoms. The van der Waals surface area contributed by atoms with Gasteiger partial charge in [0, 0.05) is 29.4 Å². The summed E-state index contributed by atoms with van der Waals surface area (Å²) in [5.74, 6) is -1.08. The van der Waals surface area contributed by atoms with E-state index in [-0.39, 0.29) is 24.5 Å². The molecule has 3 rings (SSSR count). The Morgan fingerprint density at radius 1 is 1.03 bits per heavy atom. The standard InChI is InChI=1S/C21H19N3O6/c1-3-29-20(25)13-5-10-18-16(11-13)19(17(12-22-18)21(26)30-4-2)23-14-6-8-15(9-7-14)24(27)28/h5-12H,3-4H2,1-2H3,(H,22,23). The Labute approximate surface area is 171 Å². The Morgan fingerprint density at radius 2 is 1.70 bits per heavy atom. The number of fused-ring (bicyclic) bond motifs is 1. The van der Waals surface area contributed by atoms with Crippen LogP contribution in [0, 0.1) is 10.1 Å². The molecule has 9 heteroatoms. The van der Waals surface area contributed by atoms with E-state index < -0.39 is 16.9 Å². The number of pyridine rings is 1. The van der Waals surface area contributed by atoms with Gasteiger partial charge in [0.1, 0.15) is 5.56 Å². The first-order valence-corrected chi connectivity index (χ1v) is 9.23. The molecule has 0 spiro atoms. The van der Waals surface area contributed by atoms with Crippen LogP contribution in [-0.2, 0) is 9.47 Å². The van der Waals surface area contributed by atoms with E-state index in [1.807, 2.05) is 0 Å². The third-order valence-corrected chi connectivity index (χ3v) is 4.22. The number of nitro benzene ring substituents is 1. The van der Waals surface area contributed by atoms with Crippen molar-refractivity contribution >= 4 is 39.9 Å². The number of nitro groups is 1. The first kappa shape index (κ1) is 20.7. The minimum atomic E-state index is -0.585. The maximum absolute atomic E-state index is 12.5. The summed E-state index contributed by atoms with van der Waals surface area (Å²) in [7, 11) is 0. The Bertz CT molecular complexity index is 1110. The molecule has 0 unspecified atom stereocenters. The number of carbonyl (C=O) groups is 2. The van der Waals surface area contributed by atoms with E-state index in [1.165, 1.54) is 30.5 Å². The van der Waals surface area contributed by atoms with Crippen LogP contribution in [0.5, 0.6) is 0 Å². The lowest BCUT2D eigenvalue weighted by Gasteiger charge is -2.15. The zero-order chi connectivity index (χ0) is 21.7. The lowest BCUT2D eigenvalue weighted by atomic mass is 10.1. The van der Waals surface area contributed by atoms with Crippen molar-refractivity contribution in [3.05, 3.63) is 69.9 Å². The van der Waals surface area contributed by atoms with E-state index >= 15 is 0 Å². The number of rotatable bonds is 7. The number of hydrogen-bond donors (Lipinski definition) is 1. The molecule has 0 bridgehead atoms. The predicted octanol–water partition coefficient (Wildman–Crippen LogP) is 4.24. The Balaban J connectivity index is 2.13. The lowest BCUT2D eigenvalue weighted by molar-refractivity contribution is -0.384. The van der Waals surface area contributed by atoms with Crippen LogP contribution in [0.25, 0.3) is 10.9 Å². The largest absolute Gasteiger partial charge is 0.462 e. The molecule has 9 nitrogen and oxygen atoms in total. The summed E-state index contributed by atoms with van der Waals surface area (Å²) in [6.45, 7) is 3.80. The highest BCUT2D eigenvalue weighted by atomic mass is 16.6. The smallest absolute Gasteiger partial charge is 0.341 e. The van der Waals surface area contributed by atoms with Crippen molar-refractivity contribution in [2.24, 2.45) is 0 Å². The molecule has 0 atom stereocenters. The average molecular weight is 409 g/mol. The van der Waals surface area contributed by atoms with E-state index in [0.29, 0.717) is 27.8 Å². The highest BCUT2D eigenvalue weighted by Crippen LogP contribution is 2.31. The molecule has 154 valence electrons. The summed E-state index contributed by atoms with van der Waals surface area (Å²) >= 11 is 0. The van der Waals surface area contributed by atoms with Gasteiger partial charge in [-0.15, -0.1) is 0 Å². The second-order valence-corrected chi connectivity index (χ2v) is 6.15. The van der Waals surface area contributed by atoms with E-state index in [2.05, 4.69) is 10.3 Å². The van der Waals surface area contributed by atoms with E-state index in [4.69, 9.17) is 9.47 Å². The van der Waals surface area contributed by atoms with Crippen molar-refractivity contribution in [1.82, 2.24) is 4.98 Å². The van der Waals surface area contributed by atoms with Crippen LogP contribution in [0.1, 0.15) is 34.6 Å². The lowest BCUT2D eigenvalue weighted by Crippen LogP contribution is -2.10. The van der Waals surface area contributed by atoms with E-state index in [1.54, 1.807) is 32.0 Å². The zero-order valence-corrected chi connectivity index (χ0v) is 16.4. The summed E-state index contributed by atoms with van der Waals surface area (Å²) in [6.07, 6.45) is 1.39. The van der Waals surface area contributed by atoms with Crippen LogP contribution in [0.3, 0.4) is 0 Å². The summed E-state index contributed by atoms with van der Waals surface area (Å²) < 4.78 is 10.2. The normalized spacial score (nSPS) is 10.5. The highest BCUT2D eigenvalue weighted by Gasteiger charge is 2.19. The first-order chi connectivity index (χ1) is 14.4. The molecule has 1 N–H and O–H groups in total. The minimum absolute atomic E-state index is 0.0599. The van der Waals surface area contributed by atoms with Gasteiger partial charge in [-0.25, -0.2) is 9.59 Å². The molecule has 1 heterocycles. The van der Waals surface area contributed by atoms with Gasteiger partial charge in [-0.2, -0.15) is 0 Å². The van der Waals surface area contributed by atoms with Gasteiger partial charge in [0.05, 0.1) is 34.9 Å². The van der Waals surface area contributed by atoms with Gasteiger partial charge in [-0.05, 0) is 44.2 Å². The summed E-state index contributed by atoms with van der Waals surface area (Å²) in [6, 6.07) is 10.6. The number of anilines is 2. The maximum Gasteiger partial charge on any atom is 0.341 e. The fourth-order valence-electron chi connectivity index (χ4n) is 2.84. The molecule has 0 amide bonds. The molecule has 0 radical (unpaired) electrons. The van der Waals surface area contributed by atoms with Gasteiger partial charge >= 0.3 is 11.9 Å². The fraction of sp³-hybridized carbons (Fsp3) is 0.190. The molecule has 0 aliphatic rings. The minimum Gasteiger partial charge on any atom is -0.462 e. The van der Waals surface area contributed by atoms with Crippen LogP contribution in [-0.4, -0.2) is 35.1 Å². The average Bonchev–Trinajstić information content (AvgIpc) is 2.74. The van der Waals surface area contributed by atoms with Gasteiger partial charge < -0.3 is 14.8 Å². The summed E-state index contributed by atoms with van der Waals surface area (Å²) in [4.78, 5) is 39.3. The maximum atomic E-state index is 12.5. The molecular weight excluding hydrogens is 390 g/mol. The molecule has 0 saturated carbocycles. The third-order valence-electron chi connectivity index (χ3n) is 4.22. The van der Waals surface area contributed by atoms with Crippen molar-refractivity contribution < 1.29 is 24.0 Å². The molecule has 0 aliphatic carbocycles. The van der Waals surface area contributed by atoms with Crippen molar-refractivity contribution in [3.63, 3.8) is 0 Å². The molecule has 0 fully saturated rings. The topological polar surface area (TPSA) is 121 Å². The third kappa shape index (κ3) is 4.35. The highest BCUT2D eigenvalue weighted by molar-refractivity contribution is 6.07. The Hall–Kier alpha value is -4.01. The number of non-ortho nitro benzene ring substituents is 1. The quantitative estimate of drug-likeness (QED) is 0.349. The number of nitrogens with zero attached hydrogens (tertiary/aromatic N) is 2. The number of benzene rings is 2. The van der Waals surface area contributed by atoms with Crippen molar-refractivity contribution in [2.75, 3.05) is 18.5 Å². The molecule has 0 aliphatic heterocycles. The number of esters is 2. The van der Waals surface area contributed by atoms with Crippen LogP contribution in [0.15, 0.2) is 48.7 Å². The molecular formula is C21H19N3O6. The number of ether oxygens (including phenoxy) is 2. The van der Waals surface area contributed by atoms with Crippen molar-refractivity contribution in [1.29, 1.82) is 0 Å². The second kappa shape index (κ2) is 8.99. The van der Waals surface area contributed by atoms with Gasteiger partial charge in [0.2, 0.25) is 0 Å². The predicted molar refractivity (Wildman–Crippen MR) is 110 cm³/mol. The monoisotopic (exact) mass is 409 g/mol.